The summed E-state index contributed by atoms with van der Waals surface area (Å²) < 4.78 is 5.45. The van der Waals surface area contributed by atoms with E-state index in [0.29, 0.717) is 29.5 Å². The lowest BCUT2D eigenvalue weighted by molar-refractivity contribution is -0.120. The molecular weight excluding hydrogens is 378 g/mol. The Hall–Kier alpha value is -2.57. The van der Waals surface area contributed by atoms with Gasteiger partial charge < -0.3 is 20.3 Å². The largest absolute Gasteiger partial charge is 0.493 e. The Balaban J connectivity index is 1.91. The fraction of sp³-hybridized carbons (Fsp3) is 0.333. The summed E-state index contributed by atoms with van der Waals surface area (Å²) in [5, 5.41) is 6.13. The summed E-state index contributed by atoms with van der Waals surface area (Å²) in [7, 11) is 3.85. The molecule has 1 unspecified atom stereocenters. The van der Waals surface area contributed by atoms with Crippen molar-refractivity contribution < 1.29 is 14.3 Å². The number of halogens is 1. The van der Waals surface area contributed by atoms with Crippen molar-refractivity contribution in [3.63, 3.8) is 0 Å². The summed E-state index contributed by atoms with van der Waals surface area (Å²) in [6.45, 7) is 2.56. The molecule has 7 heteroatoms. The third kappa shape index (κ3) is 5.97. The monoisotopic (exact) mass is 403 g/mol. The van der Waals surface area contributed by atoms with Gasteiger partial charge in [0.2, 0.25) is 5.91 Å². The number of nitrogens with zero attached hydrogens (tertiary/aromatic N) is 1. The first kappa shape index (κ1) is 21.7. The predicted octanol–water partition coefficient (Wildman–Crippen LogP) is 2.89. The first-order chi connectivity index (χ1) is 13.4. The van der Waals surface area contributed by atoms with E-state index in [1.807, 2.05) is 50.2 Å². The number of nitrogens with one attached hydrogen (secondary N) is 2. The quantitative estimate of drug-likeness (QED) is 0.675. The van der Waals surface area contributed by atoms with Gasteiger partial charge in [0.05, 0.1) is 24.8 Å². The number of likely N-dealkylation sites (N-methyl/N-ethyl adjacent to an activating group) is 1. The minimum absolute atomic E-state index is 0.0768. The van der Waals surface area contributed by atoms with Crippen LogP contribution in [0.2, 0.25) is 5.02 Å². The molecule has 0 radical (unpaired) electrons. The minimum Gasteiger partial charge on any atom is -0.493 e. The van der Waals surface area contributed by atoms with Crippen LogP contribution in [0, 0.1) is 0 Å². The van der Waals surface area contributed by atoms with Crippen LogP contribution >= 0.6 is 11.6 Å². The van der Waals surface area contributed by atoms with Crippen LogP contribution in [0.3, 0.4) is 0 Å². The van der Waals surface area contributed by atoms with Gasteiger partial charge in [-0.05, 0) is 44.8 Å². The number of para-hydroxylation sites is 1. The first-order valence-corrected chi connectivity index (χ1v) is 9.49. The van der Waals surface area contributed by atoms with E-state index in [-0.39, 0.29) is 24.4 Å². The molecule has 0 saturated carbocycles. The van der Waals surface area contributed by atoms with Crippen LogP contribution < -0.4 is 15.4 Å². The Morgan fingerprint density at radius 3 is 2.43 bits per heavy atom. The summed E-state index contributed by atoms with van der Waals surface area (Å²) in [5.41, 5.74) is 1.34. The Bertz CT molecular complexity index is 811. The lowest BCUT2D eigenvalue weighted by Crippen LogP contribution is -2.40. The molecule has 0 fully saturated rings. The summed E-state index contributed by atoms with van der Waals surface area (Å²) in [5.74, 6) is -0.134. The maximum Gasteiger partial charge on any atom is 0.255 e. The number of carbonyl (C=O) groups is 2. The number of amides is 2. The molecule has 2 aromatic carbocycles. The Labute approximate surface area is 170 Å². The van der Waals surface area contributed by atoms with Crippen molar-refractivity contribution in [3.8, 4) is 5.75 Å². The van der Waals surface area contributed by atoms with E-state index in [1.165, 1.54) is 0 Å². The topological polar surface area (TPSA) is 70.7 Å². The molecule has 28 heavy (non-hydrogen) atoms. The fourth-order valence-electron chi connectivity index (χ4n) is 2.78. The van der Waals surface area contributed by atoms with E-state index in [4.69, 9.17) is 16.3 Å². The smallest absolute Gasteiger partial charge is 0.255 e. The molecule has 0 aliphatic carbocycles. The lowest BCUT2D eigenvalue weighted by Gasteiger charge is -2.26. The fourth-order valence-corrected chi connectivity index (χ4v) is 3.04. The zero-order valence-electron chi connectivity index (χ0n) is 16.4. The van der Waals surface area contributed by atoms with Crippen LogP contribution in [0.1, 0.15) is 28.9 Å². The summed E-state index contributed by atoms with van der Waals surface area (Å²) in [4.78, 5) is 26.6. The number of hydrogen-bond acceptors (Lipinski definition) is 4. The molecule has 0 aliphatic rings. The van der Waals surface area contributed by atoms with Crippen molar-refractivity contribution in [2.75, 3.05) is 33.8 Å². The zero-order chi connectivity index (χ0) is 20.5. The predicted molar refractivity (Wildman–Crippen MR) is 111 cm³/mol. The number of carbonyl (C=O) groups excluding carboxylic acids is 2. The molecule has 6 nitrogen and oxygen atoms in total. The summed E-state index contributed by atoms with van der Waals surface area (Å²) in [6.07, 6.45) is 0. The first-order valence-electron chi connectivity index (χ1n) is 9.11. The number of rotatable bonds is 9. The Kier molecular flexibility index (Phi) is 8.29. The number of benzene rings is 2. The van der Waals surface area contributed by atoms with Crippen LogP contribution in [0.15, 0.2) is 48.5 Å². The van der Waals surface area contributed by atoms with Crippen molar-refractivity contribution in [2.24, 2.45) is 0 Å². The highest BCUT2D eigenvalue weighted by Gasteiger charge is 2.18. The molecule has 0 aliphatic heterocycles. The minimum atomic E-state index is -0.352. The van der Waals surface area contributed by atoms with Crippen LogP contribution in [-0.2, 0) is 4.79 Å². The molecule has 0 aromatic heterocycles. The van der Waals surface area contributed by atoms with Gasteiger partial charge >= 0.3 is 0 Å². The normalized spacial score (nSPS) is 11.8. The van der Waals surface area contributed by atoms with Crippen LogP contribution in [0.25, 0.3) is 0 Å². The van der Waals surface area contributed by atoms with E-state index in [2.05, 4.69) is 10.6 Å². The van der Waals surface area contributed by atoms with Gasteiger partial charge in [0.25, 0.3) is 5.91 Å². The van der Waals surface area contributed by atoms with Crippen LogP contribution in [-0.4, -0.2) is 50.5 Å². The van der Waals surface area contributed by atoms with Gasteiger partial charge in [-0.2, -0.15) is 0 Å². The molecule has 2 aromatic rings. The third-order valence-corrected chi connectivity index (χ3v) is 4.57. The van der Waals surface area contributed by atoms with Gasteiger partial charge in [-0.1, -0.05) is 41.9 Å². The van der Waals surface area contributed by atoms with Crippen molar-refractivity contribution in [1.82, 2.24) is 15.5 Å². The van der Waals surface area contributed by atoms with E-state index in [9.17, 15) is 9.59 Å². The maximum atomic E-state index is 12.4. The molecular formula is C21H26ClN3O3. The highest BCUT2D eigenvalue weighted by atomic mass is 35.5. The molecule has 2 rings (SSSR count). The van der Waals surface area contributed by atoms with Gasteiger partial charge in [-0.3, -0.25) is 9.59 Å². The number of hydrogen-bond donors (Lipinski definition) is 2. The summed E-state index contributed by atoms with van der Waals surface area (Å²) >= 11 is 6.28. The zero-order valence-corrected chi connectivity index (χ0v) is 17.1. The van der Waals surface area contributed by atoms with Crippen molar-refractivity contribution in [1.29, 1.82) is 0 Å². The second-order valence-electron chi connectivity index (χ2n) is 6.42. The molecule has 0 heterocycles. The summed E-state index contributed by atoms with van der Waals surface area (Å²) in [6, 6.07) is 14.4. The van der Waals surface area contributed by atoms with E-state index < -0.39 is 0 Å². The molecule has 0 saturated heterocycles. The van der Waals surface area contributed by atoms with Gasteiger partial charge in [-0.25, -0.2) is 0 Å². The molecule has 2 amide bonds. The third-order valence-electron chi connectivity index (χ3n) is 4.22. The maximum absolute atomic E-state index is 12.4. The average Bonchev–Trinajstić information content (AvgIpc) is 2.68. The van der Waals surface area contributed by atoms with E-state index in [0.717, 1.165) is 5.56 Å². The van der Waals surface area contributed by atoms with Crippen molar-refractivity contribution in [3.05, 3.63) is 64.7 Å². The van der Waals surface area contributed by atoms with Gasteiger partial charge in [0, 0.05) is 11.6 Å². The van der Waals surface area contributed by atoms with Gasteiger partial charge in [0.1, 0.15) is 5.75 Å². The average molecular weight is 404 g/mol. The van der Waals surface area contributed by atoms with Gasteiger partial charge in [0.15, 0.2) is 0 Å². The Morgan fingerprint density at radius 2 is 1.75 bits per heavy atom. The second kappa shape index (κ2) is 10.7. The lowest BCUT2D eigenvalue weighted by atomic mass is 10.1. The van der Waals surface area contributed by atoms with Crippen LogP contribution in [0.5, 0.6) is 5.75 Å². The van der Waals surface area contributed by atoms with E-state index >= 15 is 0 Å². The van der Waals surface area contributed by atoms with Gasteiger partial charge in [-0.15, -0.1) is 0 Å². The van der Waals surface area contributed by atoms with Crippen LogP contribution in [0.4, 0.5) is 0 Å². The van der Waals surface area contributed by atoms with Crippen molar-refractivity contribution >= 4 is 23.4 Å². The van der Waals surface area contributed by atoms with Crippen molar-refractivity contribution in [2.45, 2.75) is 13.0 Å². The molecule has 0 bridgehead atoms. The number of ether oxygens (including phenoxy) is 1. The standard InChI is InChI=1S/C21H26ClN3O3/c1-4-28-19-12-8-6-10-16(19)21(27)24-14-20(26)23-13-18(25(2)3)15-9-5-7-11-17(15)22/h5-12,18H,4,13-14H2,1-3H3,(H,23,26)(H,24,27). The molecule has 150 valence electrons. The molecule has 2 N–H and O–H groups in total. The van der Waals surface area contributed by atoms with E-state index in [1.54, 1.807) is 24.3 Å². The molecule has 1 atom stereocenters. The molecule has 0 spiro atoms. The highest BCUT2D eigenvalue weighted by molar-refractivity contribution is 6.31. The SMILES string of the molecule is CCOc1ccccc1C(=O)NCC(=O)NCC(c1ccccc1Cl)N(C)C. The second-order valence-corrected chi connectivity index (χ2v) is 6.82. The highest BCUT2D eigenvalue weighted by Crippen LogP contribution is 2.25. The Morgan fingerprint density at radius 1 is 1.07 bits per heavy atom.